The third-order valence-corrected chi connectivity index (χ3v) is 5.80. The van der Waals surface area contributed by atoms with E-state index in [0.717, 1.165) is 22.6 Å². The van der Waals surface area contributed by atoms with Crippen LogP contribution in [0.4, 0.5) is 0 Å². The molecule has 4 aromatic rings. The lowest BCUT2D eigenvalue weighted by Crippen LogP contribution is -2.23. The molecule has 0 radical (unpaired) electrons. The van der Waals surface area contributed by atoms with E-state index in [1.54, 1.807) is 6.26 Å². The van der Waals surface area contributed by atoms with Crippen molar-refractivity contribution < 1.29 is 17.6 Å². The Hall–Kier alpha value is -3.20. The van der Waals surface area contributed by atoms with Crippen LogP contribution in [-0.2, 0) is 34.5 Å². The molecule has 154 valence electrons. The Labute approximate surface area is 175 Å². The number of hydrogen-bond donors (Lipinski definition) is 1. The molecule has 1 N–H and O–H groups in total. The molecule has 0 atom stereocenters. The van der Waals surface area contributed by atoms with Crippen LogP contribution in [0.25, 0.3) is 5.69 Å². The second-order valence-corrected chi connectivity index (χ2v) is 8.44. The van der Waals surface area contributed by atoms with Gasteiger partial charge >= 0.3 is 0 Å². The third-order valence-electron chi connectivity index (χ3n) is 4.44. The largest absolute Gasteiger partial charge is 0.467 e. The summed E-state index contributed by atoms with van der Waals surface area (Å²) in [5, 5.41) is 4.15. The number of nitrogens with zero attached hydrogens (tertiary/aromatic N) is 2. The minimum atomic E-state index is -3.68. The maximum Gasteiger partial charge on any atom is 0.244 e. The predicted molar refractivity (Wildman–Crippen MR) is 111 cm³/mol. The zero-order valence-electron chi connectivity index (χ0n) is 16.1. The first-order chi connectivity index (χ1) is 14.6. The van der Waals surface area contributed by atoms with Crippen molar-refractivity contribution in [2.75, 3.05) is 0 Å². The molecule has 0 amide bonds. The predicted octanol–water partition coefficient (Wildman–Crippen LogP) is 3.66. The summed E-state index contributed by atoms with van der Waals surface area (Å²) in [6, 6.07) is 20.6. The Bertz CT molecular complexity index is 1190. The van der Waals surface area contributed by atoms with Gasteiger partial charge in [0, 0.05) is 6.54 Å². The average molecular weight is 423 g/mol. The van der Waals surface area contributed by atoms with Gasteiger partial charge in [0.2, 0.25) is 10.0 Å². The second-order valence-electron chi connectivity index (χ2n) is 6.67. The van der Waals surface area contributed by atoms with E-state index >= 15 is 0 Å². The summed E-state index contributed by atoms with van der Waals surface area (Å²) in [4.78, 5) is 0.115. The number of aromatic nitrogens is 2. The van der Waals surface area contributed by atoms with Crippen molar-refractivity contribution in [2.24, 2.45) is 0 Å². The molecule has 7 nitrogen and oxygen atoms in total. The number of furan rings is 1. The minimum Gasteiger partial charge on any atom is -0.467 e. The smallest absolute Gasteiger partial charge is 0.244 e. The molecule has 30 heavy (non-hydrogen) atoms. The molecule has 0 aliphatic heterocycles. The van der Waals surface area contributed by atoms with E-state index in [1.165, 1.54) is 17.1 Å². The van der Waals surface area contributed by atoms with E-state index in [-0.39, 0.29) is 11.4 Å². The molecule has 8 heteroatoms. The first-order valence-corrected chi connectivity index (χ1v) is 10.9. The zero-order valence-corrected chi connectivity index (χ0v) is 17.0. The van der Waals surface area contributed by atoms with Crippen molar-refractivity contribution in [3.8, 4) is 5.69 Å². The number of ether oxygens (including phenoxy) is 1. The number of nitrogens with one attached hydrogen (secondary N) is 1. The van der Waals surface area contributed by atoms with Crippen LogP contribution >= 0.6 is 0 Å². The van der Waals surface area contributed by atoms with Crippen LogP contribution in [0.1, 0.15) is 16.9 Å². The maximum absolute atomic E-state index is 12.6. The van der Waals surface area contributed by atoms with Crippen LogP contribution in [0.5, 0.6) is 0 Å². The first kappa shape index (κ1) is 20.1. The van der Waals surface area contributed by atoms with Gasteiger partial charge in [-0.25, -0.2) is 17.8 Å². The molecule has 2 heterocycles. The van der Waals surface area contributed by atoms with Gasteiger partial charge < -0.3 is 9.15 Å². The molecule has 0 saturated heterocycles. The minimum absolute atomic E-state index is 0.115. The van der Waals surface area contributed by atoms with E-state index in [9.17, 15) is 8.42 Å². The summed E-state index contributed by atoms with van der Waals surface area (Å²) in [5.74, 6) is 0.759. The molecule has 2 aromatic heterocycles. The molecule has 0 aliphatic rings. The molecule has 0 bridgehead atoms. The van der Waals surface area contributed by atoms with E-state index in [4.69, 9.17) is 9.15 Å². The topological polar surface area (TPSA) is 86.4 Å². The number of sulfonamides is 1. The molecular weight excluding hydrogens is 402 g/mol. The number of benzene rings is 2. The van der Waals surface area contributed by atoms with Crippen molar-refractivity contribution in [2.45, 2.75) is 24.7 Å². The lowest BCUT2D eigenvalue weighted by molar-refractivity contribution is 0.0929. The van der Waals surface area contributed by atoms with Crippen molar-refractivity contribution in [3.63, 3.8) is 0 Å². The molecular formula is C22H21N3O4S. The summed E-state index contributed by atoms with van der Waals surface area (Å²) < 4.78 is 40.3. The zero-order chi connectivity index (χ0) is 20.8. The van der Waals surface area contributed by atoms with Crippen LogP contribution in [0.3, 0.4) is 0 Å². The highest BCUT2D eigenvalue weighted by Gasteiger charge is 2.16. The lowest BCUT2D eigenvalue weighted by atomic mass is 10.1. The van der Waals surface area contributed by atoms with Crippen LogP contribution in [0.2, 0.25) is 0 Å². The van der Waals surface area contributed by atoms with E-state index in [0.29, 0.717) is 13.2 Å². The van der Waals surface area contributed by atoms with E-state index < -0.39 is 10.0 Å². The first-order valence-electron chi connectivity index (χ1n) is 9.38. The van der Waals surface area contributed by atoms with Gasteiger partial charge in [-0.05, 0) is 35.4 Å². The summed E-state index contributed by atoms with van der Waals surface area (Å²) in [7, 11) is -3.68. The fraction of sp³-hybridized carbons (Fsp3) is 0.136. The highest BCUT2D eigenvalue weighted by molar-refractivity contribution is 7.89. The molecule has 0 aliphatic carbocycles. The summed E-state index contributed by atoms with van der Waals surface area (Å²) in [5.41, 5.74) is 2.59. The van der Waals surface area contributed by atoms with E-state index in [1.807, 2.05) is 66.7 Å². The van der Waals surface area contributed by atoms with Crippen LogP contribution < -0.4 is 4.72 Å². The maximum atomic E-state index is 12.6. The van der Waals surface area contributed by atoms with Crippen molar-refractivity contribution in [1.82, 2.24) is 14.5 Å². The quantitative estimate of drug-likeness (QED) is 0.444. The Morgan fingerprint density at radius 3 is 2.60 bits per heavy atom. The summed E-state index contributed by atoms with van der Waals surface area (Å²) in [6.45, 7) is 0.964. The van der Waals surface area contributed by atoms with Gasteiger partial charge in [0.25, 0.3) is 0 Å². The summed E-state index contributed by atoms with van der Waals surface area (Å²) >= 11 is 0. The highest BCUT2D eigenvalue weighted by atomic mass is 32.2. The Morgan fingerprint density at radius 2 is 1.80 bits per heavy atom. The van der Waals surface area contributed by atoms with Gasteiger partial charge in [-0.2, -0.15) is 5.10 Å². The Balaban J connectivity index is 1.36. The standard InChI is InChI=1S/C22H21N3O4S/c26-30(27,22-14-23-25(15-22)20-8-2-1-3-9-20)24-13-18-6-4-7-19(12-18)16-28-17-21-10-5-11-29-21/h1-12,14-15,24H,13,16-17H2. The number of rotatable bonds is 9. The summed E-state index contributed by atoms with van der Waals surface area (Å²) in [6.07, 6.45) is 4.44. The van der Waals surface area contributed by atoms with Crippen LogP contribution in [-0.4, -0.2) is 18.2 Å². The number of para-hydroxylation sites is 1. The van der Waals surface area contributed by atoms with Crippen molar-refractivity contribution in [1.29, 1.82) is 0 Å². The molecule has 2 aromatic carbocycles. The van der Waals surface area contributed by atoms with Gasteiger partial charge in [0.05, 0.1) is 31.0 Å². The highest BCUT2D eigenvalue weighted by Crippen LogP contribution is 2.14. The normalized spacial score (nSPS) is 11.6. The van der Waals surface area contributed by atoms with Crippen molar-refractivity contribution >= 4 is 10.0 Å². The fourth-order valence-corrected chi connectivity index (χ4v) is 3.87. The van der Waals surface area contributed by atoms with Gasteiger partial charge in [-0.1, -0.05) is 42.5 Å². The lowest BCUT2D eigenvalue weighted by Gasteiger charge is -2.08. The van der Waals surface area contributed by atoms with Crippen molar-refractivity contribution in [3.05, 3.63) is 102 Å². The van der Waals surface area contributed by atoms with Crippen LogP contribution in [0.15, 0.2) is 94.7 Å². The van der Waals surface area contributed by atoms with Gasteiger partial charge in [-0.3, -0.25) is 0 Å². The Kier molecular flexibility index (Phi) is 6.08. The molecule has 0 unspecified atom stereocenters. The van der Waals surface area contributed by atoms with Gasteiger partial charge in [0.15, 0.2) is 0 Å². The Morgan fingerprint density at radius 1 is 0.967 bits per heavy atom. The fourth-order valence-electron chi connectivity index (χ4n) is 2.92. The van der Waals surface area contributed by atoms with E-state index in [2.05, 4.69) is 9.82 Å². The molecule has 0 fully saturated rings. The third kappa shape index (κ3) is 5.04. The molecule has 4 rings (SSSR count). The van der Waals surface area contributed by atoms with Gasteiger partial charge in [0.1, 0.15) is 17.3 Å². The monoisotopic (exact) mass is 423 g/mol. The average Bonchev–Trinajstić information content (AvgIpc) is 3.46. The van der Waals surface area contributed by atoms with Crippen LogP contribution in [0, 0.1) is 0 Å². The SMILES string of the molecule is O=S(=O)(NCc1cccc(COCc2ccco2)c1)c1cnn(-c2ccccc2)c1. The molecule has 0 spiro atoms. The second kappa shape index (κ2) is 9.08. The molecule has 0 saturated carbocycles. The number of hydrogen-bond acceptors (Lipinski definition) is 5. The van der Waals surface area contributed by atoms with Gasteiger partial charge in [-0.15, -0.1) is 0 Å².